The summed E-state index contributed by atoms with van der Waals surface area (Å²) in [5.74, 6) is -1.48. The molecule has 0 bridgehead atoms. The van der Waals surface area contributed by atoms with E-state index >= 15 is 0 Å². The van der Waals surface area contributed by atoms with Crippen LogP contribution in [0.5, 0.6) is 0 Å². The number of nitrogens with one attached hydrogen (secondary N) is 1. The minimum atomic E-state index is -3.89. The van der Waals surface area contributed by atoms with Crippen molar-refractivity contribution < 1.29 is 23.1 Å². The first-order valence-corrected chi connectivity index (χ1v) is 10.3. The van der Waals surface area contributed by atoms with E-state index in [2.05, 4.69) is 12.2 Å². The SMILES string of the molecule is CC1(CNC(=O)C2CCN(S(=O)(=O)c3ccccc3C(=O)O)CC2)CC1. The minimum absolute atomic E-state index is 0.0129. The van der Waals surface area contributed by atoms with Gasteiger partial charge in [-0.15, -0.1) is 0 Å². The Bertz CT molecular complexity index is 809. The average Bonchev–Trinajstić information content (AvgIpc) is 3.37. The summed E-state index contributed by atoms with van der Waals surface area (Å²) in [4.78, 5) is 23.4. The highest BCUT2D eigenvalue weighted by atomic mass is 32.2. The zero-order chi connectivity index (χ0) is 18.9. The molecule has 2 aliphatic rings. The van der Waals surface area contributed by atoms with E-state index in [0.717, 1.165) is 12.8 Å². The number of rotatable bonds is 6. The lowest BCUT2D eigenvalue weighted by Gasteiger charge is -2.31. The van der Waals surface area contributed by atoms with Gasteiger partial charge in [-0.3, -0.25) is 4.79 Å². The van der Waals surface area contributed by atoms with E-state index in [1.54, 1.807) is 0 Å². The van der Waals surface area contributed by atoms with Crippen LogP contribution in [0.25, 0.3) is 0 Å². The van der Waals surface area contributed by atoms with Gasteiger partial charge in [0, 0.05) is 25.6 Å². The third kappa shape index (κ3) is 3.91. The predicted molar refractivity (Wildman–Crippen MR) is 95.2 cm³/mol. The van der Waals surface area contributed by atoms with Crippen molar-refractivity contribution in [1.29, 1.82) is 0 Å². The second-order valence-electron chi connectivity index (χ2n) is 7.51. The third-order valence-corrected chi connectivity index (χ3v) is 7.31. The van der Waals surface area contributed by atoms with Crippen molar-refractivity contribution >= 4 is 21.9 Å². The van der Waals surface area contributed by atoms with E-state index in [-0.39, 0.29) is 40.8 Å². The summed E-state index contributed by atoms with van der Waals surface area (Å²) in [6.45, 7) is 3.25. The summed E-state index contributed by atoms with van der Waals surface area (Å²) in [5, 5.41) is 12.2. The molecule has 1 amide bonds. The standard InChI is InChI=1S/C18H24N2O5S/c1-18(8-9-18)12-19-16(21)13-6-10-20(11-7-13)26(24,25)15-5-3-2-4-14(15)17(22)23/h2-5,13H,6-12H2,1H3,(H,19,21)(H,22,23). The molecule has 0 aromatic heterocycles. The second-order valence-corrected chi connectivity index (χ2v) is 9.41. The van der Waals surface area contributed by atoms with Crippen LogP contribution in [0.2, 0.25) is 0 Å². The zero-order valence-corrected chi connectivity index (χ0v) is 15.6. The van der Waals surface area contributed by atoms with Crippen molar-refractivity contribution in [3.05, 3.63) is 29.8 Å². The van der Waals surface area contributed by atoms with Crippen LogP contribution >= 0.6 is 0 Å². The molecule has 1 aromatic rings. The second kappa shape index (κ2) is 7.00. The number of sulfonamides is 1. The van der Waals surface area contributed by atoms with E-state index in [4.69, 9.17) is 0 Å². The summed E-state index contributed by atoms with van der Waals surface area (Å²) in [6, 6.07) is 5.61. The first-order valence-electron chi connectivity index (χ1n) is 8.83. The predicted octanol–water partition coefficient (Wildman–Crippen LogP) is 1.70. The van der Waals surface area contributed by atoms with E-state index in [1.807, 2.05) is 0 Å². The Morgan fingerprint density at radius 2 is 1.85 bits per heavy atom. The third-order valence-electron chi connectivity index (χ3n) is 5.35. The Kier molecular flexibility index (Phi) is 5.07. The van der Waals surface area contributed by atoms with Crippen LogP contribution in [0.3, 0.4) is 0 Å². The van der Waals surface area contributed by atoms with Crippen molar-refractivity contribution in [1.82, 2.24) is 9.62 Å². The highest BCUT2D eigenvalue weighted by molar-refractivity contribution is 7.89. The van der Waals surface area contributed by atoms with Crippen LogP contribution in [0, 0.1) is 11.3 Å². The highest BCUT2D eigenvalue weighted by Crippen LogP contribution is 2.44. The van der Waals surface area contributed by atoms with Crippen molar-refractivity contribution in [2.24, 2.45) is 11.3 Å². The number of hydrogen-bond donors (Lipinski definition) is 2. The molecular formula is C18H24N2O5S. The van der Waals surface area contributed by atoms with Crippen LogP contribution in [-0.2, 0) is 14.8 Å². The quantitative estimate of drug-likeness (QED) is 0.782. The zero-order valence-electron chi connectivity index (χ0n) is 14.8. The molecule has 7 nitrogen and oxygen atoms in total. The lowest BCUT2D eigenvalue weighted by atomic mass is 9.97. The monoisotopic (exact) mass is 380 g/mol. The van der Waals surface area contributed by atoms with Gasteiger partial charge in [-0.05, 0) is 43.2 Å². The van der Waals surface area contributed by atoms with E-state index in [0.29, 0.717) is 19.4 Å². The fraction of sp³-hybridized carbons (Fsp3) is 0.556. The molecule has 2 N–H and O–H groups in total. The minimum Gasteiger partial charge on any atom is -0.478 e. The van der Waals surface area contributed by atoms with Gasteiger partial charge < -0.3 is 10.4 Å². The smallest absolute Gasteiger partial charge is 0.337 e. The normalized spacial score (nSPS) is 20.5. The number of benzene rings is 1. The number of carbonyl (C=O) groups excluding carboxylic acids is 1. The number of amides is 1. The molecule has 3 rings (SSSR count). The summed E-state index contributed by atoms with van der Waals surface area (Å²) in [5.41, 5.74) is 0.00491. The summed E-state index contributed by atoms with van der Waals surface area (Å²) in [6.07, 6.45) is 3.15. The largest absolute Gasteiger partial charge is 0.478 e. The van der Waals surface area contributed by atoms with Crippen molar-refractivity contribution in [2.75, 3.05) is 19.6 Å². The fourth-order valence-electron chi connectivity index (χ4n) is 3.20. The molecule has 1 heterocycles. The number of nitrogens with zero attached hydrogens (tertiary/aromatic N) is 1. The van der Waals surface area contributed by atoms with Gasteiger partial charge in [0.2, 0.25) is 15.9 Å². The molecule has 8 heteroatoms. The first-order chi connectivity index (χ1) is 12.2. The van der Waals surface area contributed by atoms with Crippen LogP contribution in [0.1, 0.15) is 43.0 Å². The Morgan fingerprint density at radius 3 is 2.42 bits per heavy atom. The Labute approximate surface area is 153 Å². The lowest BCUT2D eigenvalue weighted by molar-refractivity contribution is -0.126. The van der Waals surface area contributed by atoms with Gasteiger partial charge in [0.15, 0.2) is 0 Å². The molecule has 0 atom stereocenters. The molecule has 1 saturated heterocycles. The maximum absolute atomic E-state index is 12.8. The number of aromatic carboxylic acids is 1. The maximum Gasteiger partial charge on any atom is 0.337 e. The molecule has 0 radical (unpaired) electrons. The molecular weight excluding hydrogens is 356 g/mol. The van der Waals surface area contributed by atoms with Gasteiger partial charge in [0.1, 0.15) is 0 Å². The number of hydrogen-bond acceptors (Lipinski definition) is 4. The Balaban J connectivity index is 1.64. The van der Waals surface area contributed by atoms with Crippen LogP contribution in [-0.4, -0.2) is 49.3 Å². The summed E-state index contributed by atoms with van der Waals surface area (Å²) in [7, 11) is -3.89. The number of carboxylic acids is 1. The van der Waals surface area contributed by atoms with Crippen LogP contribution in [0.15, 0.2) is 29.2 Å². The van der Waals surface area contributed by atoms with Gasteiger partial charge in [-0.1, -0.05) is 19.1 Å². The molecule has 0 spiro atoms. The number of carbonyl (C=O) groups is 2. The molecule has 142 valence electrons. The molecule has 1 aliphatic carbocycles. The molecule has 1 aromatic carbocycles. The van der Waals surface area contributed by atoms with E-state index in [1.165, 1.54) is 28.6 Å². The molecule has 26 heavy (non-hydrogen) atoms. The first kappa shape index (κ1) is 18.8. The number of carboxylic acid groups (broad SMARTS) is 1. The molecule has 2 fully saturated rings. The topological polar surface area (TPSA) is 104 Å². The maximum atomic E-state index is 12.8. The van der Waals surface area contributed by atoms with Gasteiger partial charge in [0.05, 0.1) is 10.5 Å². The van der Waals surface area contributed by atoms with Crippen molar-refractivity contribution in [3.8, 4) is 0 Å². The molecule has 0 unspecified atom stereocenters. The number of piperidine rings is 1. The summed E-state index contributed by atoms with van der Waals surface area (Å²) >= 11 is 0. The van der Waals surface area contributed by atoms with Gasteiger partial charge in [0.25, 0.3) is 0 Å². The Hall–Kier alpha value is -1.93. The van der Waals surface area contributed by atoms with Crippen LogP contribution in [0.4, 0.5) is 0 Å². The molecule has 1 aliphatic heterocycles. The highest BCUT2D eigenvalue weighted by Gasteiger charge is 2.38. The van der Waals surface area contributed by atoms with E-state index < -0.39 is 16.0 Å². The molecule has 1 saturated carbocycles. The van der Waals surface area contributed by atoms with Gasteiger partial charge in [-0.2, -0.15) is 4.31 Å². The fourth-order valence-corrected chi connectivity index (χ4v) is 4.85. The van der Waals surface area contributed by atoms with Gasteiger partial charge >= 0.3 is 5.97 Å². The van der Waals surface area contributed by atoms with Crippen LogP contribution < -0.4 is 5.32 Å². The van der Waals surface area contributed by atoms with E-state index in [9.17, 15) is 23.1 Å². The lowest BCUT2D eigenvalue weighted by Crippen LogP contribution is -2.44. The summed E-state index contributed by atoms with van der Waals surface area (Å²) < 4.78 is 26.9. The van der Waals surface area contributed by atoms with Crippen molar-refractivity contribution in [2.45, 2.75) is 37.5 Å². The van der Waals surface area contributed by atoms with Crippen molar-refractivity contribution in [3.63, 3.8) is 0 Å². The van der Waals surface area contributed by atoms with Gasteiger partial charge in [-0.25, -0.2) is 13.2 Å². The average molecular weight is 380 g/mol. The Morgan fingerprint density at radius 1 is 1.23 bits per heavy atom.